The van der Waals surface area contributed by atoms with Crippen molar-refractivity contribution in [1.29, 1.82) is 0 Å². The largest absolute Gasteiger partial charge is 0.340 e. The van der Waals surface area contributed by atoms with Crippen LogP contribution in [0, 0.1) is 5.92 Å². The number of nitrogens with one attached hydrogen (secondary N) is 1. The maximum Gasteiger partial charge on any atom is 0.228 e. The monoisotopic (exact) mass is 260 g/mol. The van der Waals surface area contributed by atoms with Gasteiger partial charge < -0.3 is 10.2 Å². The van der Waals surface area contributed by atoms with Crippen molar-refractivity contribution >= 4 is 5.91 Å². The topological polar surface area (TPSA) is 48.5 Å². The normalized spacial score (nSPS) is 21.2. The maximum atomic E-state index is 12.1. The summed E-state index contributed by atoms with van der Waals surface area (Å²) in [6.07, 6.45) is 3.66. The van der Waals surface area contributed by atoms with Crippen LogP contribution in [-0.2, 0) is 11.3 Å². The van der Waals surface area contributed by atoms with Crippen LogP contribution in [0.2, 0.25) is 0 Å². The number of hydrogen-bond donors (Lipinski definition) is 1. The molecule has 0 radical (unpaired) electrons. The van der Waals surface area contributed by atoms with Crippen molar-refractivity contribution in [3.63, 3.8) is 0 Å². The van der Waals surface area contributed by atoms with E-state index in [9.17, 15) is 4.79 Å². The number of carbonyl (C=O) groups excluding carboxylic acids is 1. The molecule has 0 spiro atoms. The maximum absolute atomic E-state index is 12.1. The number of carbonyl (C=O) groups is 1. The second-order valence-corrected chi connectivity index (χ2v) is 5.31. The molecule has 3 heterocycles. The van der Waals surface area contributed by atoms with Gasteiger partial charge in [0.25, 0.3) is 0 Å². The molecule has 0 atom stereocenters. The average Bonchev–Trinajstić information content (AvgIpc) is 2.39. The van der Waals surface area contributed by atoms with Crippen LogP contribution in [0.15, 0.2) is 24.5 Å². The zero-order chi connectivity index (χ0) is 13.1. The second-order valence-electron chi connectivity index (χ2n) is 5.31. The molecule has 2 aliphatic heterocycles. The minimum absolute atomic E-state index is 0.228. The molecule has 2 fully saturated rings. The highest BCUT2D eigenvalue weighted by atomic mass is 16.2. The van der Waals surface area contributed by atoms with Gasteiger partial charge in [-0.25, -0.2) is 0 Å². The summed E-state index contributed by atoms with van der Waals surface area (Å²) in [7, 11) is 0. The molecule has 102 valence electrons. The molecule has 0 saturated carbocycles. The Labute approximate surface area is 113 Å². The lowest BCUT2D eigenvalue weighted by atomic mass is 10.0. The summed E-state index contributed by atoms with van der Waals surface area (Å²) >= 11 is 0. The lowest BCUT2D eigenvalue weighted by molar-refractivity contribution is -0.138. The van der Waals surface area contributed by atoms with E-state index in [1.54, 1.807) is 0 Å². The van der Waals surface area contributed by atoms with Crippen LogP contribution in [0.4, 0.5) is 0 Å². The average molecular weight is 260 g/mol. The van der Waals surface area contributed by atoms with Crippen LogP contribution in [0.25, 0.3) is 0 Å². The third-order valence-electron chi connectivity index (χ3n) is 3.97. The van der Waals surface area contributed by atoms with Gasteiger partial charge >= 0.3 is 0 Å². The van der Waals surface area contributed by atoms with Crippen LogP contribution >= 0.6 is 0 Å². The molecule has 0 aliphatic carbocycles. The van der Waals surface area contributed by atoms with Crippen LogP contribution in [0.1, 0.15) is 5.56 Å². The first-order valence-electron chi connectivity index (χ1n) is 6.94. The zero-order valence-corrected chi connectivity index (χ0v) is 11.1. The first kappa shape index (κ1) is 12.6. The quantitative estimate of drug-likeness (QED) is 0.827. The third-order valence-corrected chi connectivity index (χ3v) is 3.97. The van der Waals surface area contributed by atoms with E-state index in [1.165, 1.54) is 5.56 Å². The Morgan fingerprint density at radius 2 is 1.89 bits per heavy atom. The van der Waals surface area contributed by atoms with E-state index in [1.807, 2.05) is 17.3 Å². The highest BCUT2D eigenvalue weighted by molar-refractivity contribution is 5.80. The standard InChI is InChI=1S/C14H20N4O/c19-14(13-9-16-10-13)18-7-5-17(6-8-18)11-12-1-3-15-4-2-12/h1-4,13,16H,5-11H2. The van der Waals surface area contributed by atoms with Crippen molar-refractivity contribution in [3.8, 4) is 0 Å². The van der Waals surface area contributed by atoms with E-state index in [2.05, 4.69) is 27.3 Å². The fourth-order valence-corrected chi connectivity index (χ4v) is 2.59. The molecule has 1 aromatic rings. The Morgan fingerprint density at radius 3 is 2.47 bits per heavy atom. The van der Waals surface area contributed by atoms with Crippen molar-refractivity contribution in [2.75, 3.05) is 39.3 Å². The summed E-state index contributed by atoms with van der Waals surface area (Å²) in [4.78, 5) is 20.6. The molecule has 1 aromatic heterocycles. The van der Waals surface area contributed by atoms with Crippen molar-refractivity contribution in [2.45, 2.75) is 6.54 Å². The van der Waals surface area contributed by atoms with Crippen molar-refractivity contribution in [1.82, 2.24) is 20.1 Å². The SMILES string of the molecule is O=C(C1CNC1)N1CCN(Cc2ccncc2)CC1. The van der Waals surface area contributed by atoms with E-state index in [4.69, 9.17) is 0 Å². The smallest absolute Gasteiger partial charge is 0.228 e. The molecule has 2 aliphatic rings. The van der Waals surface area contributed by atoms with Gasteiger partial charge in [0.05, 0.1) is 5.92 Å². The molecule has 3 rings (SSSR count). The van der Waals surface area contributed by atoms with Gasteiger partial charge in [0, 0.05) is 58.2 Å². The van der Waals surface area contributed by atoms with E-state index in [0.717, 1.165) is 45.8 Å². The summed E-state index contributed by atoms with van der Waals surface area (Å²) in [5.41, 5.74) is 1.29. The molecule has 1 amide bonds. The fourth-order valence-electron chi connectivity index (χ4n) is 2.59. The highest BCUT2D eigenvalue weighted by Gasteiger charge is 2.30. The molecular formula is C14H20N4O. The van der Waals surface area contributed by atoms with E-state index in [0.29, 0.717) is 5.91 Å². The Balaban J connectivity index is 1.48. The Morgan fingerprint density at radius 1 is 1.21 bits per heavy atom. The number of rotatable bonds is 3. The first-order chi connectivity index (χ1) is 9.33. The van der Waals surface area contributed by atoms with Gasteiger partial charge in [-0.3, -0.25) is 14.7 Å². The van der Waals surface area contributed by atoms with Crippen molar-refractivity contribution in [3.05, 3.63) is 30.1 Å². The number of amides is 1. The predicted octanol–water partition coefficient (Wildman–Crippen LogP) is -0.0548. The molecular weight excluding hydrogens is 240 g/mol. The van der Waals surface area contributed by atoms with Gasteiger partial charge in [-0.2, -0.15) is 0 Å². The Kier molecular flexibility index (Phi) is 3.75. The van der Waals surface area contributed by atoms with Crippen LogP contribution in [0.5, 0.6) is 0 Å². The lowest BCUT2D eigenvalue weighted by Crippen LogP contribution is -2.56. The minimum atomic E-state index is 0.228. The molecule has 5 nitrogen and oxygen atoms in total. The summed E-state index contributed by atoms with van der Waals surface area (Å²) < 4.78 is 0. The molecule has 0 bridgehead atoms. The summed E-state index contributed by atoms with van der Waals surface area (Å²) in [6, 6.07) is 4.11. The van der Waals surface area contributed by atoms with Crippen molar-refractivity contribution < 1.29 is 4.79 Å². The van der Waals surface area contributed by atoms with Gasteiger partial charge in [0.1, 0.15) is 0 Å². The highest BCUT2D eigenvalue weighted by Crippen LogP contribution is 2.12. The van der Waals surface area contributed by atoms with Gasteiger partial charge in [0.15, 0.2) is 0 Å². The zero-order valence-electron chi connectivity index (χ0n) is 11.1. The number of aromatic nitrogens is 1. The fraction of sp³-hybridized carbons (Fsp3) is 0.571. The van der Waals surface area contributed by atoms with Gasteiger partial charge in [0.2, 0.25) is 5.91 Å². The molecule has 19 heavy (non-hydrogen) atoms. The summed E-state index contributed by atoms with van der Waals surface area (Å²) in [5.74, 6) is 0.564. The summed E-state index contributed by atoms with van der Waals surface area (Å²) in [5, 5.41) is 3.16. The number of pyridine rings is 1. The van der Waals surface area contributed by atoms with Gasteiger partial charge in [-0.05, 0) is 17.7 Å². The second kappa shape index (κ2) is 5.67. The molecule has 1 N–H and O–H groups in total. The number of piperazine rings is 1. The third kappa shape index (κ3) is 2.93. The van der Waals surface area contributed by atoms with E-state index in [-0.39, 0.29) is 5.92 Å². The number of hydrogen-bond acceptors (Lipinski definition) is 4. The van der Waals surface area contributed by atoms with Crippen LogP contribution in [-0.4, -0.2) is 60.0 Å². The van der Waals surface area contributed by atoms with E-state index >= 15 is 0 Å². The van der Waals surface area contributed by atoms with Crippen LogP contribution in [0.3, 0.4) is 0 Å². The molecule has 5 heteroatoms. The molecule has 0 unspecified atom stereocenters. The predicted molar refractivity (Wildman–Crippen MR) is 72.5 cm³/mol. The molecule has 2 saturated heterocycles. The molecule has 0 aromatic carbocycles. The Bertz CT molecular complexity index is 424. The van der Waals surface area contributed by atoms with Gasteiger partial charge in [-0.1, -0.05) is 0 Å². The minimum Gasteiger partial charge on any atom is -0.340 e. The van der Waals surface area contributed by atoms with Gasteiger partial charge in [-0.15, -0.1) is 0 Å². The Hall–Kier alpha value is -1.46. The number of nitrogens with zero attached hydrogens (tertiary/aromatic N) is 3. The van der Waals surface area contributed by atoms with Crippen LogP contribution < -0.4 is 5.32 Å². The lowest BCUT2D eigenvalue weighted by Gasteiger charge is -2.38. The summed E-state index contributed by atoms with van der Waals surface area (Å²) in [6.45, 7) is 6.32. The first-order valence-corrected chi connectivity index (χ1v) is 6.94. The van der Waals surface area contributed by atoms with Crippen molar-refractivity contribution in [2.24, 2.45) is 5.92 Å². The van der Waals surface area contributed by atoms with E-state index < -0.39 is 0 Å².